The summed E-state index contributed by atoms with van der Waals surface area (Å²) in [6.07, 6.45) is 0. The Bertz CT molecular complexity index is 805. The van der Waals surface area contributed by atoms with Crippen LogP contribution in [0, 0.1) is 0 Å². The minimum atomic E-state index is -0.230. The Morgan fingerprint density at radius 2 is 1.56 bits per heavy atom. The summed E-state index contributed by atoms with van der Waals surface area (Å²) in [7, 11) is 3.93. The van der Waals surface area contributed by atoms with Gasteiger partial charge < -0.3 is 15.1 Å². The number of carbonyl (C=O) groups is 2. The third-order valence-corrected chi connectivity index (χ3v) is 4.35. The van der Waals surface area contributed by atoms with E-state index in [4.69, 9.17) is 0 Å². The van der Waals surface area contributed by atoms with Gasteiger partial charge in [-0.3, -0.25) is 9.59 Å². The third-order valence-electron chi connectivity index (χ3n) is 4.35. The number of amides is 2. The van der Waals surface area contributed by atoms with E-state index in [1.165, 1.54) is 11.8 Å². The average Bonchev–Trinajstić information content (AvgIpc) is 2.59. The summed E-state index contributed by atoms with van der Waals surface area (Å²) >= 11 is 0. The van der Waals surface area contributed by atoms with E-state index in [2.05, 4.69) is 26.1 Å². The van der Waals surface area contributed by atoms with Crippen molar-refractivity contribution in [3.63, 3.8) is 0 Å². The van der Waals surface area contributed by atoms with Crippen molar-refractivity contribution in [1.29, 1.82) is 0 Å². The fourth-order valence-electron chi connectivity index (χ4n) is 2.90. The molecular weight excluding hydrogens is 338 g/mol. The van der Waals surface area contributed by atoms with Crippen molar-refractivity contribution in [3.8, 4) is 0 Å². The van der Waals surface area contributed by atoms with Crippen LogP contribution in [0.1, 0.15) is 33.3 Å². The zero-order chi connectivity index (χ0) is 20.2. The summed E-state index contributed by atoms with van der Waals surface area (Å²) in [5.74, 6) is -0.392. The summed E-state index contributed by atoms with van der Waals surface area (Å²) in [6, 6.07) is 15.3. The molecule has 2 aromatic rings. The molecule has 1 N–H and O–H groups in total. The minimum absolute atomic E-state index is 0.0299. The Labute approximate surface area is 162 Å². The molecule has 0 fully saturated rings. The van der Waals surface area contributed by atoms with Gasteiger partial charge in [0.05, 0.1) is 0 Å². The normalized spacial score (nSPS) is 11.0. The summed E-state index contributed by atoms with van der Waals surface area (Å²) in [6.45, 7) is 7.74. The smallest absolute Gasteiger partial charge is 0.244 e. The zero-order valence-electron chi connectivity index (χ0n) is 17.0. The Kier molecular flexibility index (Phi) is 6.26. The fraction of sp³-hybridized carbons (Fsp3) is 0.364. The van der Waals surface area contributed by atoms with Crippen LogP contribution < -0.4 is 15.1 Å². The second kappa shape index (κ2) is 8.25. The van der Waals surface area contributed by atoms with Gasteiger partial charge in [0, 0.05) is 38.1 Å². The molecule has 5 nitrogen and oxygen atoms in total. The number of rotatable bonds is 5. The van der Waals surface area contributed by atoms with E-state index in [0.29, 0.717) is 5.69 Å². The van der Waals surface area contributed by atoms with Gasteiger partial charge in [-0.05, 0) is 41.3 Å². The van der Waals surface area contributed by atoms with Gasteiger partial charge in [0.2, 0.25) is 11.8 Å². The Morgan fingerprint density at radius 1 is 0.963 bits per heavy atom. The van der Waals surface area contributed by atoms with E-state index in [1.807, 2.05) is 67.5 Å². The molecule has 5 heteroatoms. The van der Waals surface area contributed by atoms with Crippen molar-refractivity contribution in [1.82, 2.24) is 0 Å². The van der Waals surface area contributed by atoms with Crippen molar-refractivity contribution in [3.05, 3.63) is 54.1 Å². The molecule has 0 spiro atoms. The maximum atomic E-state index is 12.6. The van der Waals surface area contributed by atoms with Crippen LogP contribution in [0.5, 0.6) is 0 Å². The lowest BCUT2D eigenvalue weighted by Gasteiger charge is -2.29. The second-order valence-corrected chi connectivity index (χ2v) is 7.86. The number of nitrogens with zero attached hydrogens (tertiary/aromatic N) is 2. The molecule has 0 aliphatic rings. The zero-order valence-corrected chi connectivity index (χ0v) is 17.0. The largest absolute Gasteiger partial charge is 0.378 e. The SMILES string of the molecule is CC(=O)N(CC(=O)Nc1ccc(N(C)C)cc1)c1ccccc1C(C)(C)C. The molecule has 0 atom stereocenters. The monoisotopic (exact) mass is 367 g/mol. The van der Waals surface area contributed by atoms with Crippen LogP contribution in [0.3, 0.4) is 0 Å². The maximum absolute atomic E-state index is 12.6. The number of carbonyl (C=O) groups excluding carboxylic acids is 2. The van der Waals surface area contributed by atoms with Gasteiger partial charge in [-0.2, -0.15) is 0 Å². The van der Waals surface area contributed by atoms with Gasteiger partial charge >= 0.3 is 0 Å². The van der Waals surface area contributed by atoms with Crippen LogP contribution in [-0.2, 0) is 15.0 Å². The number of hydrogen-bond donors (Lipinski definition) is 1. The van der Waals surface area contributed by atoms with Crippen LogP contribution in [0.2, 0.25) is 0 Å². The molecule has 0 bridgehead atoms. The standard InChI is InChI=1S/C22H29N3O2/c1-16(26)25(20-10-8-7-9-19(20)22(2,3)4)15-21(27)23-17-11-13-18(14-12-17)24(5)6/h7-14H,15H2,1-6H3,(H,23,27). The molecule has 0 saturated carbocycles. The Morgan fingerprint density at radius 3 is 2.07 bits per heavy atom. The van der Waals surface area contributed by atoms with Crippen LogP contribution in [0.15, 0.2) is 48.5 Å². The molecule has 0 saturated heterocycles. The lowest BCUT2D eigenvalue weighted by atomic mass is 9.85. The molecular formula is C22H29N3O2. The van der Waals surface area contributed by atoms with Gasteiger partial charge in [-0.1, -0.05) is 39.0 Å². The molecule has 2 rings (SSSR count). The van der Waals surface area contributed by atoms with Crippen molar-refractivity contribution in [2.75, 3.05) is 35.8 Å². The highest BCUT2D eigenvalue weighted by molar-refractivity contribution is 6.02. The summed E-state index contributed by atoms with van der Waals surface area (Å²) in [5, 5.41) is 2.87. The highest BCUT2D eigenvalue weighted by Crippen LogP contribution is 2.32. The van der Waals surface area contributed by atoms with E-state index < -0.39 is 0 Å². The van der Waals surface area contributed by atoms with Gasteiger partial charge in [0.1, 0.15) is 6.54 Å². The van der Waals surface area contributed by atoms with E-state index >= 15 is 0 Å². The van der Waals surface area contributed by atoms with Crippen LogP contribution in [0.25, 0.3) is 0 Å². The topological polar surface area (TPSA) is 52.7 Å². The third kappa shape index (κ3) is 5.33. The maximum Gasteiger partial charge on any atom is 0.244 e. The predicted octanol–water partition coefficient (Wildman–Crippen LogP) is 4.04. The first kappa shape index (κ1) is 20.5. The fourth-order valence-corrected chi connectivity index (χ4v) is 2.90. The molecule has 0 heterocycles. The van der Waals surface area contributed by atoms with Gasteiger partial charge in [0.15, 0.2) is 0 Å². The van der Waals surface area contributed by atoms with E-state index in [1.54, 1.807) is 0 Å². The number of para-hydroxylation sites is 1. The molecule has 0 aromatic heterocycles. The van der Waals surface area contributed by atoms with E-state index in [0.717, 1.165) is 16.9 Å². The molecule has 27 heavy (non-hydrogen) atoms. The number of hydrogen-bond acceptors (Lipinski definition) is 3. The average molecular weight is 367 g/mol. The molecule has 0 radical (unpaired) electrons. The van der Waals surface area contributed by atoms with Gasteiger partial charge in [-0.25, -0.2) is 0 Å². The number of nitrogens with one attached hydrogen (secondary N) is 1. The van der Waals surface area contributed by atoms with E-state index in [-0.39, 0.29) is 23.8 Å². The molecule has 2 aromatic carbocycles. The summed E-state index contributed by atoms with van der Waals surface area (Å²) in [5.41, 5.74) is 3.43. The van der Waals surface area contributed by atoms with Gasteiger partial charge in [-0.15, -0.1) is 0 Å². The predicted molar refractivity (Wildman–Crippen MR) is 113 cm³/mol. The van der Waals surface area contributed by atoms with E-state index in [9.17, 15) is 9.59 Å². The molecule has 2 amide bonds. The second-order valence-electron chi connectivity index (χ2n) is 7.86. The van der Waals surface area contributed by atoms with Crippen molar-refractivity contribution >= 4 is 28.9 Å². The first-order chi connectivity index (χ1) is 12.6. The lowest BCUT2D eigenvalue weighted by molar-refractivity contribution is -0.120. The van der Waals surface area contributed by atoms with Crippen molar-refractivity contribution < 1.29 is 9.59 Å². The van der Waals surface area contributed by atoms with Crippen molar-refractivity contribution in [2.45, 2.75) is 33.1 Å². The molecule has 0 aliphatic carbocycles. The minimum Gasteiger partial charge on any atom is -0.378 e. The molecule has 144 valence electrons. The van der Waals surface area contributed by atoms with Gasteiger partial charge in [0.25, 0.3) is 0 Å². The summed E-state index contributed by atoms with van der Waals surface area (Å²) in [4.78, 5) is 28.4. The first-order valence-electron chi connectivity index (χ1n) is 9.04. The van der Waals surface area contributed by atoms with Crippen LogP contribution in [-0.4, -0.2) is 32.5 Å². The Hall–Kier alpha value is -2.82. The highest BCUT2D eigenvalue weighted by atomic mass is 16.2. The number of benzene rings is 2. The van der Waals surface area contributed by atoms with Crippen LogP contribution in [0.4, 0.5) is 17.1 Å². The summed E-state index contributed by atoms with van der Waals surface area (Å²) < 4.78 is 0. The highest BCUT2D eigenvalue weighted by Gasteiger charge is 2.24. The lowest BCUT2D eigenvalue weighted by Crippen LogP contribution is -2.38. The van der Waals surface area contributed by atoms with Crippen molar-refractivity contribution in [2.24, 2.45) is 0 Å². The Balaban J connectivity index is 2.20. The number of anilines is 3. The quantitative estimate of drug-likeness (QED) is 0.868. The molecule has 0 unspecified atom stereocenters. The molecule has 0 aliphatic heterocycles. The van der Waals surface area contributed by atoms with Crippen LogP contribution >= 0.6 is 0 Å². The first-order valence-corrected chi connectivity index (χ1v) is 9.04.